The Balaban J connectivity index is 1.86. The van der Waals surface area contributed by atoms with Crippen molar-refractivity contribution in [3.05, 3.63) is 57.8 Å². The van der Waals surface area contributed by atoms with Crippen molar-refractivity contribution in [2.75, 3.05) is 19.8 Å². The van der Waals surface area contributed by atoms with Gasteiger partial charge in [-0.2, -0.15) is 0 Å². The maximum Gasteiger partial charge on any atom is 0.345 e. The van der Waals surface area contributed by atoms with Crippen LogP contribution in [0, 0.1) is 0 Å². The van der Waals surface area contributed by atoms with Gasteiger partial charge in [-0.3, -0.25) is 4.79 Å². The van der Waals surface area contributed by atoms with E-state index in [0.29, 0.717) is 24.6 Å². The predicted molar refractivity (Wildman–Crippen MR) is 82.3 cm³/mol. The Bertz CT molecular complexity index is 682. The van der Waals surface area contributed by atoms with E-state index in [2.05, 4.69) is 0 Å². The van der Waals surface area contributed by atoms with Gasteiger partial charge in [-0.05, 0) is 17.7 Å². The standard InChI is InChI=1S/C16H15NO4S/c18-15(13-6-7-14(22-13)16(19)20)17-8-9-21-10-12(17)11-4-2-1-3-5-11/h1-7,12H,8-10H2,(H,19,20)/t12-/m1/s1. The molecule has 0 radical (unpaired) electrons. The summed E-state index contributed by atoms with van der Waals surface area (Å²) in [5.41, 5.74) is 1.02. The lowest BCUT2D eigenvalue weighted by Gasteiger charge is -2.35. The van der Waals surface area contributed by atoms with Crippen LogP contribution in [0.5, 0.6) is 0 Å². The predicted octanol–water partition coefficient (Wildman–Crippen LogP) is 2.66. The molecule has 6 heteroatoms. The number of hydrogen-bond donors (Lipinski definition) is 1. The number of carbonyl (C=O) groups excluding carboxylic acids is 1. The molecule has 0 unspecified atom stereocenters. The second-order valence-electron chi connectivity index (χ2n) is 4.97. The zero-order chi connectivity index (χ0) is 15.5. The summed E-state index contributed by atoms with van der Waals surface area (Å²) in [7, 11) is 0. The third-order valence-electron chi connectivity index (χ3n) is 3.60. The van der Waals surface area contributed by atoms with Gasteiger partial charge < -0.3 is 14.7 Å². The molecule has 1 fully saturated rings. The number of carboxylic acids is 1. The first-order chi connectivity index (χ1) is 10.7. The molecule has 1 N–H and O–H groups in total. The number of ether oxygens (including phenoxy) is 1. The van der Waals surface area contributed by atoms with Crippen molar-refractivity contribution >= 4 is 23.2 Å². The Hall–Kier alpha value is -2.18. The highest BCUT2D eigenvalue weighted by Gasteiger charge is 2.30. The Morgan fingerprint density at radius 3 is 2.55 bits per heavy atom. The van der Waals surface area contributed by atoms with Crippen LogP contribution in [0.1, 0.15) is 30.9 Å². The summed E-state index contributed by atoms with van der Waals surface area (Å²) in [4.78, 5) is 26.1. The fourth-order valence-electron chi connectivity index (χ4n) is 2.51. The third-order valence-corrected chi connectivity index (χ3v) is 4.66. The molecule has 2 aromatic rings. The van der Waals surface area contributed by atoms with Crippen LogP contribution in [0.25, 0.3) is 0 Å². The van der Waals surface area contributed by atoms with E-state index in [9.17, 15) is 9.59 Å². The van der Waals surface area contributed by atoms with E-state index in [1.54, 1.807) is 11.0 Å². The smallest absolute Gasteiger partial charge is 0.345 e. The number of thiophene rings is 1. The van der Waals surface area contributed by atoms with Crippen LogP contribution in [-0.2, 0) is 4.74 Å². The Labute approximate surface area is 131 Å². The van der Waals surface area contributed by atoms with Crippen molar-refractivity contribution < 1.29 is 19.4 Å². The SMILES string of the molecule is O=C(O)c1ccc(C(=O)N2CCOC[C@@H]2c2ccccc2)s1. The van der Waals surface area contributed by atoms with Crippen LogP contribution < -0.4 is 0 Å². The molecule has 2 heterocycles. The molecule has 1 aromatic heterocycles. The second kappa shape index (κ2) is 6.29. The zero-order valence-corrected chi connectivity index (χ0v) is 12.6. The van der Waals surface area contributed by atoms with Crippen molar-refractivity contribution in [1.29, 1.82) is 0 Å². The van der Waals surface area contributed by atoms with E-state index in [0.717, 1.165) is 16.9 Å². The molecule has 0 saturated carbocycles. The lowest BCUT2D eigenvalue weighted by Crippen LogP contribution is -2.43. The first-order valence-electron chi connectivity index (χ1n) is 6.93. The van der Waals surface area contributed by atoms with Crippen molar-refractivity contribution in [1.82, 2.24) is 4.90 Å². The molecule has 0 aliphatic carbocycles. The van der Waals surface area contributed by atoms with Crippen molar-refractivity contribution in [2.45, 2.75) is 6.04 Å². The minimum absolute atomic E-state index is 0.141. The highest BCUT2D eigenvalue weighted by atomic mass is 32.1. The number of amides is 1. The molecule has 1 aliphatic rings. The molecule has 0 spiro atoms. The largest absolute Gasteiger partial charge is 0.477 e. The average Bonchev–Trinajstić information content (AvgIpc) is 3.05. The van der Waals surface area contributed by atoms with E-state index in [-0.39, 0.29) is 16.8 Å². The lowest BCUT2D eigenvalue weighted by molar-refractivity contribution is -0.00243. The highest BCUT2D eigenvalue weighted by molar-refractivity contribution is 7.15. The first-order valence-corrected chi connectivity index (χ1v) is 7.75. The van der Waals surface area contributed by atoms with Crippen LogP contribution in [0.15, 0.2) is 42.5 Å². The Kier molecular flexibility index (Phi) is 4.22. The summed E-state index contributed by atoms with van der Waals surface area (Å²) in [6, 6.07) is 12.6. The summed E-state index contributed by atoms with van der Waals surface area (Å²) in [5.74, 6) is -1.15. The molecule has 1 amide bonds. The molecule has 114 valence electrons. The number of morpholine rings is 1. The van der Waals surface area contributed by atoms with Gasteiger partial charge in [-0.15, -0.1) is 11.3 Å². The maximum absolute atomic E-state index is 12.7. The summed E-state index contributed by atoms with van der Waals surface area (Å²) in [5, 5.41) is 8.99. The van der Waals surface area contributed by atoms with Crippen LogP contribution >= 0.6 is 11.3 Å². The molecule has 0 bridgehead atoms. The summed E-state index contributed by atoms with van der Waals surface area (Å²) in [6.45, 7) is 1.44. The maximum atomic E-state index is 12.7. The van der Waals surface area contributed by atoms with Gasteiger partial charge in [0.15, 0.2) is 0 Å². The highest BCUT2D eigenvalue weighted by Crippen LogP contribution is 2.28. The van der Waals surface area contributed by atoms with Crippen molar-refractivity contribution in [3.63, 3.8) is 0 Å². The normalized spacial score (nSPS) is 18.2. The topological polar surface area (TPSA) is 66.8 Å². The van der Waals surface area contributed by atoms with E-state index < -0.39 is 5.97 Å². The fraction of sp³-hybridized carbons (Fsp3) is 0.250. The summed E-state index contributed by atoms with van der Waals surface area (Å²) < 4.78 is 5.51. The monoisotopic (exact) mass is 317 g/mol. The van der Waals surface area contributed by atoms with Gasteiger partial charge in [-0.25, -0.2) is 4.79 Å². The zero-order valence-electron chi connectivity index (χ0n) is 11.8. The lowest BCUT2D eigenvalue weighted by atomic mass is 10.0. The van der Waals surface area contributed by atoms with Crippen LogP contribution in [0.3, 0.4) is 0 Å². The number of hydrogen-bond acceptors (Lipinski definition) is 4. The Morgan fingerprint density at radius 1 is 1.14 bits per heavy atom. The number of aromatic carboxylic acids is 1. The molecule has 1 aliphatic heterocycles. The molecular weight excluding hydrogens is 302 g/mol. The van der Waals surface area contributed by atoms with Crippen LogP contribution in [0.4, 0.5) is 0 Å². The van der Waals surface area contributed by atoms with Gasteiger partial charge in [-0.1, -0.05) is 30.3 Å². The van der Waals surface area contributed by atoms with E-state index in [1.807, 2.05) is 30.3 Å². The number of carboxylic acid groups (broad SMARTS) is 1. The van der Waals surface area contributed by atoms with Gasteiger partial charge in [0.05, 0.1) is 24.1 Å². The minimum atomic E-state index is -1.01. The minimum Gasteiger partial charge on any atom is -0.477 e. The van der Waals surface area contributed by atoms with Gasteiger partial charge in [0, 0.05) is 6.54 Å². The molecule has 3 rings (SSSR count). The molecular formula is C16H15NO4S. The summed E-state index contributed by atoms with van der Waals surface area (Å²) in [6.07, 6.45) is 0. The number of carbonyl (C=O) groups is 2. The molecule has 1 aromatic carbocycles. The number of nitrogens with zero attached hydrogens (tertiary/aromatic N) is 1. The van der Waals surface area contributed by atoms with Gasteiger partial charge in [0.25, 0.3) is 5.91 Å². The first kappa shape index (κ1) is 14.7. The molecule has 22 heavy (non-hydrogen) atoms. The average molecular weight is 317 g/mol. The van der Waals surface area contributed by atoms with E-state index in [1.165, 1.54) is 6.07 Å². The number of rotatable bonds is 3. The molecule has 5 nitrogen and oxygen atoms in total. The van der Waals surface area contributed by atoms with Crippen molar-refractivity contribution in [2.24, 2.45) is 0 Å². The van der Waals surface area contributed by atoms with Gasteiger partial charge in [0.1, 0.15) is 4.88 Å². The van der Waals surface area contributed by atoms with E-state index in [4.69, 9.17) is 9.84 Å². The second-order valence-corrected chi connectivity index (χ2v) is 6.05. The number of benzene rings is 1. The van der Waals surface area contributed by atoms with E-state index >= 15 is 0 Å². The third kappa shape index (κ3) is 2.88. The Morgan fingerprint density at radius 2 is 1.86 bits per heavy atom. The fourth-order valence-corrected chi connectivity index (χ4v) is 3.31. The van der Waals surface area contributed by atoms with Gasteiger partial charge >= 0.3 is 5.97 Å². The van der Waals surface area contributed by atoms with Crippen LogP contribution in [-0.4, -0.2) is 41.6 Å². The molecule has 1 saturated heterocycles. The quantitative estimate of drug-likeness (QED) is 0.945. The van der Waals surface area contributed by atoms with Gasteiger partial charge in [0.2, 0.25) is 0 Å². The molecule has 1 atom stereocenters. The summed E-state index contributed by atoms with van der Waals surface area (Å²) >= 11 is 1.01. The van der Waals surface area contributed by atoms with Crippen LogP contribution in [0.2, 0.25) is 0 Å². The van der Waals surface area contributed by atoms with Crippen molar-refractivity contribution in [3.8, 4) is 0 Å².